The smallest absolute Gasteiger partial charge is 0.352 e. The molecule has 1 rings (SSSR count). The van der Waals surface area contributed by atoms with Crippen LogP contribution in [0.5, 0.6) is 5.75 Å². The lowest BCUT2D eigenvalue weighted by Gasteiger charge is -2.19. The first kappa shape index (κ1) is 12.8. The summed E-state index contributed by atoms with van der Waals surface area (Å²) in [4.78, 5) is 21.7. The molecular formula is C10H11NO6. The van der Waals surface area contributed by atoms with Crippen LogP contribution < -0.4 is 10.5 Å². The molecule has 0 atom stereocenters. The Kier molecular flexibility index (Phi) is 3.23. The number of ether oxygens (including phenoxy) is 1. The highest BCUT2D eigenvalue weighted by Crippen LogP contribution is 2.29. The summed E-state index contributed by atoms with van der Waals surface area (Å²) < 4.78 is 4.82. The van der Waals surface area contributed by atoms with Gasteiger partial charge in [-0.15, -0.1) is 0 Å². The Labute approximate surface area is 96.1 Å². The summed E-state index contributed by atoms with van der Waals surface area (Å²) in [6, 6.07) is 3.43. The molecule has 0 fully saturated rings. The number of carboxylic acids is 2. The van der Waals surface area contributed by atoms with Gasteiger partial charge in [-0.25, -0.2) is 9.59 Å². The zero-order valence-electron chi connectivity index (χ0n) is 8.88. The number of benzene rings is 1. The molecule has 0 aliphatic carbocycles. The molecule has 0 bridgehead atoms. The Hall–Kier alpha value is -2.28. The van der Waals surface area contributed by atoms with Crippen molar-refractivity contribution in [3.05, 3.63) is 23.8 Å². The number of anilines is 1. The molecule has 7 heteroatoms. The van der Waals surface area contributed by atoms with Crippen LogP contribution in [-0.2, 0) is 15.2 Å². The van der Waals surface area contributed by atoms with E-state index in [1.165, 1.54) is 13.2 Å². The monoisotopic (exact) mass is 241 g/mol. The second kappa shape index (κ2) is 4.30. The molecule has 0 heterocycles. The van der Waals surface area contributed by atoms with E-state index < -0.39 is 17.5 Å². The Bertz CT molecular complexity index is 456. The lowest BCUT2D eigenvalue weighted by Crippen LogP contribution is -2.43. The minimum Gasteiger partial charge on any atom is -0.495 e. The molecule has 0 aromatic heterocycles. The van der Waals surface area contributed by atoms with Gasteiger partial charge in [-0.1, -0.05) is 6.07 Å². The highest BCUT2D eigenvalue weighted by atomic mass is 16.5. The van der Waals surface area contributed by atoms with Gasteiger partial charge in [0.2, 0.25) is 0 Å². The number of carboxylic acid groups (broad SMARTS) is 2. The molecule has 7 nitrogen and oxygen atoms in total. The van der Waals surface area contributed by atoms with Crippen molar-refractivity contribution in [2.45, 2.75) is 5.60 Å². The molecular weight excluding hydrogens is 230 g/mol. The van der Waals surface area contributed by atoms with Gasteiger partial charge in [0.1, 0.15) is 5.75 Å². The minimum atomic E-state index is -3.03. The van der Waals surface area contributed by atoms with Crippen molar-refractivity contribution in [2.75, 3.05) is 12.8 Å². The largest absolute Gasteiger partial charge is 0.495 e. The van der Waals surface area contributed by atoms with Crippen molar-refractivity contribution in [3.63, 3.8) is 0 Å². The van der Waals surface area contributed by atoms with E-state index in [-0.39, 0.29) is 17.0 Å². The molecule has 5 N–H and O–H groups in total. The average Bonchev–Trinajstić information content (AvgIpc) is 2.28. The number of aliphatic carboxylic acids is 2. The standard InChI is InChI=1S/C10H11NO6/c1-17-7-4-5(2-3-6(7)11)10(16,8(12)13)9(14)15/h2-4,16H,11H2,1H3,(H,12,13)(H,14,15). The number of aliphatic hydroxyl groups is 1. The third-order valence-corrected chi connectivity index (χ3v) is 2.27. The SMILES string of the molecule is COc1cc(C(O)(C(=O)O)C(=O)O)ccc1N. The van der Waals surface area contributed by atoms with Crippen LogP contribution in [-0.4, -0.2) is 34.4 Å². The Balaban J connectivity index is 3.40. The number of carbonyl (C=O) groups is 2. The van der Waals surface area contributed by atoms with E-state index in [9.17, 15) is 14.7 Å². The van der Waals surface area contributed by atoms with Gasteiger partial charge in [0.15, 0.2) is 0 Å². The van der Waals surface area contributed by atoms with Crippen LogP contribution in [0, 0.1) is 0 Å². The Morgan fingerprint density at radius 1 is 1.29 bits per heavy atom. The zero-order chi connectivity index (χ0) is 13.2. The lowest BCUT2D eigenvalue weighted by molar-refractivity contribution is -0.177. The first-order valence-corrected chi connectivity index (χ1v) is 4.47. The number of nitrogens with two attached hydrogens (primary N) is 1. The predicted octanol–water partition coefficient (Wildman–Crippen LogP) is -0.366. The van der Waals surface area contributed by atoms with Crippen molar-refractivity contribution >= 4 is 17.6 Å². The summed E-state index contributed by atoms with van der Waals surface area (Å²) in [5.41, 5.74) is 2.33. The van der Waals surface area contributed by atoms with Gasteiger partial charge >= 0.3 is 11.9 Å². The molecule has 92 valence electrons. The average molecular weight is 241 g/mol. The van der Waals surface area contributed by atoms with Gasteiger partial charge in [-0.2, -0.15) is 0 Å². The van der Waals surface area contributed by atoms with Crippen molar-refractivity contribution in [2.24, 2.45) is 0 Å². The van der Waals surface area contributed by atoms with Gasteiger partial charge in [-0.05, 0) is 12.1 Å². The summed E-state index contributed by atoms with van der Waals surface area (Å²) in [5.74, 6) is -3.70. The molecule has 0 unspecified atom stereocenters. The quantitative estimate of drug-likeness (QED) is 0.418. The number of rotatable bonds is 4. The van der Waals surface area contributed by atoms with Crippen LogP contribution in [0.1, 0.15) is 5.56 Å². The van der Waals surface area contributed by atoms with E-state index >= 15 is 0 Å². The fraction of sp³-hybridized carbons (Fsp3) is 0.200. The molecule has 1 aromatic carbocycles. The van der Waals surface area contributed by atoms with Gasteiger partial charge in [-0.3, -0.25) is 0 Å². The molecule has 0 radical (unpaired) electrons. The maximum Gasteiger partial charge on any atom is 0.352 e. The summed E-state index contributed by atoms with van der Waals surface area (Å²) in [5, 5.41) is 27.2. The normalized spacial score (nSPS) is 10.9. The Morgan fingerprint density at radius 2 is 1.82 bits per heavy atom. The molecule has 0 spiro atoms. The Morgan fingerprint density at radius 3 is 2.24 bits per heavy atom. The molecule has 0 saturated carbocycles. The van der Waals surface area contributed by atoms with Crippen LogP contribution in [0.25, 0.3) is 0 Å². The van der Waals surface area contributed by atoms with Crippen molar-refractivity contribution in [3.8, 4) is 5.75 Å². The fourth-order valence-corrected chi connectivity index (χ4v) is 1.27. The zero-order valence-corrected chi connectivity index (χ0v) is 8.88. The number of hydrogen-bond donors (Lipinski definition) is 4. The van der Waals surface area contributed by atoms with E-state index in [1.807, 2.05) is 0 Å². The first-order valence-electron chi connectivity index (χ1n) is 4.47. The molecule has 0 aliphatic heterocycles. The maximum atomic E-state index is 10.8. The third kappa shape index (κ3) is 2.00. The topological polar surface area (TPSA) is 130 Å². The van der Waals surface area contributed by atoms with E-state index in [2.05, 4.69) is 0 Å². The van der Waals surface area contributed by atoms with Crippen molar-refractivity contribution in [1.82, 2.24) is 0 Å². The van der Waals surface area contributed by atoms with Crippen LogP contribution >= 0.6 is 0 Å². The van der Waals surface area contributed by atoms with E-state index in [1.54, 1.807) is 0 Å². The second-order valence-electron chi connectivity index (χ2n) is 3.28. The third-order valence-electron chi connectivity index (χ3n) is 2.27. The van der Waals surface area contributed by atoms with Crippen LogP contribution in [0.2, 0.25) is 0 Å². The molecule has 17 heavy (non-hydrogen) atoms. The molecule has 0 amide bonds. The highest BCUT2D eigenvalue weighted by Gasteiger charge is 2.47. The van der Waals surface area contributed by atoms with Crippen LogP contribution in [0.4, 0.5) is 5.69 Å². The summed E-state index contributed by atoms with van der Waals surface area (Å²) in [6.45, 7) is 0. The molecule has 0 saturated heterocycles. The highest BCUT2D eigenvalue weighted by molar-refractivity contribution is 6.02. The van der Waals surface area contributed by atoms with Crippen molar-refractivity contribution in [1.29, 1.82) is 0 Å². The fourth-order valence-electron chi connectivity index (χ4n) is 1.27. The van der Waals surface area contributed by atoms with Crippen LogP contribution in [0.15, 0.2) is 18.2 Å². The van der Waals surface area contributed by atoms with Gasteiger partial charge in [0.05, 0.1) is 12.8 Å². The number of methoxy groups -OCH3 is 1. The lowest BCUT2D eigenvalue weighted by atomic mass is 9.93. The van der Waals surface area contributed by atoms with E-state index in [4.69, 9.17) is 20.7 Å². The minimum absolute atomic E-state index is 0.0865. The second-order valence-corrected chi connectivity index (χ2v) is 3.28. The molecule has 1 aromatic rings. The van der Waals surface area contributed by atoms with E-state index in [0.29, 0.717) is 0 Å². The maximum absolute atomic E-state index is 10.8. The van der Waals surface area contributed by atoms with E-state index in [0.717, 1.165) is 12.1 Å². The van der Waals surface area contributed by atoms with Gasteiger partial charge in [0, 0.05) is 5.56 Å². The number of nitrogen functional groups attached to an aromatic ring is 1. The summed E-state index contributed by atoms with van der Waals surface area (Å²) in [7, 11) is 1.29. The summed E-state index contributed by atoms with van der Waals surface area (Å²) >= 11 is 0. The molecule has 0 aliphatic rings. The summed E-state index contributed by atoms with van der Waals surface area (Å²) in [6.07, 6.45) is 0. The van der Waals surface area contributed by atoms with Crippen LogP contribution in [0.3, 0.4) is 0 Å². The van der Waals surface area contributed by atoms with Crippen molar-refractivity contribution < 1.29 is 29.6 Å². The van der Waals surface area contributed by atoms with Gasteiger partial charge in [0.25, 0.3) is 5.60 Å². The number of hydrogen-bond acceptors (Lipinski definition) is 5. The van der Waals surface area contributed by atoms with Gasteiger partial charge < -0.3 is 25.8 Å². The first-order chi connectivity index (χ1) is 7.83. The predicted molar refractivity (Wildman–Crippen MR) is 56.6 cm³/mol.